The number of pyridine rings is 1. The quantitative estimate of drug-likeness (QED) is 0.670. The minimum atomic E-state index is 0.152. The molecule has 3 aromatic heterocycles. The van der Waals surface area contributed by atoms with E-state index in [0.717, 1.165) is 42.1 Å². The zero-order valence-corrected chi connectivity index (χ0v) is 16.7. The van der Waals surface area contributed by atoms with E-state index in [1.54, 1.807) is 12.5 Å². The van der Waals surface area contributed by atoms with Gasteiger partial charge in [-0.15, -0.1) is 0 Å². The van der Waals surface area contributed by atoms with Crippen molar-refractivity contribution in [3.63, 3.8) is 0 Å². The van der Waals surface area contributed by atoms with Gasteiger partial charge in [0, 0.05) is 25.2 Å². The molecular formula is C21H25N5O3. The third kappa shape index (κ3) is 3.54. The van der Waals surface area contributed by atoms with Gasteiger partial charge in [-0.2, -0.15) is 9.97 Å². The lowest BCUT2D eigenvalue weighted by molar-refractivity contribution is 0.0526. The molecule has 0 N–H and O–H groups in total. The van der Waals surface area contributed by atoms with Crippen molar-refractivity contribution in [2.45, 2.75) is 26.0 Å². The Morgan fingerprint density at radius 1 is 1.03 bits per heavy atom. The van der Waals surface area contributed by atoms with Gasteiger partial charge in [0.05, 0.1) is 55.6 Å². The number of morpholine rings is 2. The Hall–Kier alpha value is -2.71. The Bertz CT molecular complexity index is 993. The van der Waals surface area contributed by atoms with Crippen molar-refractivity contribution in [3.8, 4) is 11.3 Å². The molecule has 0 aromatic carbocycles. The van der Waals surface area contributed by atoms with Crippen LogP contribution in [0.15, 0.2) is 35.1 Å². The topological polar surface area (TPSA) is 76.8 Å². The minimum Gasteiger partial charge on any atom is -0.472 e. The van der Waals surface area contributed by atoms with Crippen molar-refractivity contribution in [1.29, 1.82) is 0 Å². The van der Waals surface area contributed by atoms with Gasteiger partial charge in [-0.3, -0.25) is 0 Å². The maximum absolute atomic E-state index is 5.70. The third-order valence-electron chi connectivity index (χ3n) is 5.51. The highest BCUT2D eigenvalue weighted by molar-refractivity contribution is 5.90. The van der Waals surface area contributed by atoms with Gasteiger partial charge in [0.1, 0.15) is 5.82 Å². The summed E-state index contributed by atoms with van der Waals surface area (Å²) in [4.78, 5) is 19.2. The van der Waals surface area contributed by atoms with Gasteiger partial charge in [0.2, 0.25) is 5.95 Å². The first kappa shape index (κ1) is 18.3. The van der Waals surface area contributed by atoms with Crippen molar-refractivity contribution in [3.05, 3.63) is 30.7 Å². The van der Waals surface area contributed by atoms with Gasteiger partial charge < -0.3 is 23.7 Å². The van der Waals surface area contributed by atoms with Gasteiger partial charge >= 0.3 is 0 Å². The summed E-state index contributed by atoms with van der Waals surface area (Å²) in [6.07, 6.45) is 3.51. The van der Waals surface area contributed by atoms with Gasteiger partial charge in [-0.1, -0.05) is 0 Å². The first-order valence-corrected chi connectivity index (χ1v) is 10.1. The lowest BCUT2D eigenvalue weighted by Crippen LogP contribution is -2.45. The molecule has 0 amide bonds. The monoisotopic (exact) mass is 395 g/mol. The maximum atomic E-state index is 5.70. The van der Waals surface area contributed by atoms with Crippen LogP contribution in [0.3, 0.4) is 0 Å². The molecule has 0 saturated carbocycles. The first-order valence-electron chi connectivity index (χ1n) is 10.1. The molecule has 0 unspecified atom stereocenters. The lowest BCUT2D eigenvalue weighted by Gasteiger charge is -2.36. The number of rotatable bonds is 3. The molecule has 0 spiro atoms. The van der Waals surface area contributed by atoms with Crippen LogP contribution < -0.4 is 9.80 Å². The summed E-state index contributed by atoms with van der Waals surface area (Å²) >= 11 is 0. The summed E-state index contributed by atoms with van der Waals surface area (Å²) in [6.45, 7) is 8.64. The van der Waals surface area contributed by atoms with E-state index in [9.17, 15) is 0 Å². The number of furan rings is 1. The Morgan fingerprint density at radius 2 is 1.97 bits per heavy atom. The number of nitrogens with zero attached hydrogens (tertiary/aromatic N) is 5. The molecule has 2 fully saturated rings. The molecule has 5 heterocycles. The Labute approximate surface area is 169 Å². The standard InChI is InChI=1S/C21H25N5O3/c1-14-12-28-9-7-26(14)20-17-3-4-18(16-5-8-27-13-16)22-19(17)23-21(24-20)25-6-10-29-15(2)11-25/h3-5,8,13-15H,6-7,9-12H2,1-2H3/t14-,15-/m0/s1. The van der Waals surface area contributed by atoms with Crippen LogP contribution >= 0.6 is 0 Å². The fraction of sp³-hybridized carbons (Fsp3) is 0.476. The molecule has 2 aliphatic rings. The molecule has 0 bridgehead atoms. The third-order valence-corrected chi connectivity index (χ3v) is 5.51. The van der Waals surface area contributed by atoms with E-state index in [0.29, 0.717) is 31.4 Å². The maximum Gasteiger partial charge on any atom is 0.229 e. The van der Waals surface area contributed by atoms with E-state index in [4.69, 9.17) is 28.8 Å². The molecule has 2 aliphatic heterocycles. The SMILES string of the molecule is C[C@H]1CN(c2nc(N3CCOC[C@@H]3C)c3ccc(-c4ccoc4)nc3n2)CCO1. The van der Waals surface area contributed by atoms with Crippen LogP contribution in [0.5, 0.6) is 0 Å². The molecule has 2 atom stereocenters. The molecule has 2 saturated heterocycles. The smallest absolute Gasteiger partial charge is 0.229 e. The number of anilines is 2. The predicted octanol–water partition coefficient (Wildman–Crippen LogP) is 2.74. The molecule has 0 aliphatic carbocycles. The highest BCUT2D eigenvalue weighted by atomic mass is 16.5. The van der Waals surface area contributed by atoms with Crippen LogP contribution in [0.4, 0.5) is 11.8 Å². The van der Waals surface area contributed by atoms with Crippen molar-refractivity contribution >= 4 is 22.8 Å². The number of ether oxygens (including phenoxy) is 2. The molecule has 3 aromatic rings. The van der Waals surface area contributed by atoms with E-state index < -0.39 is 0 Å². The molecule has 8 heteroatoms. The van der Waals surface area contributed by atoms with Gasteiger partial charge in [-0.25, -0.2) is 4.98 Å². The van der Waals surface area contributed by atoms with Crippen molar-refractivity contribution < 1.29 is 13.9 Å². The second-order valence-electron chi connectivity index (χ2n) is 7.67. The molecule has 152 valence electrons. The molecule has 29 heavy (non-hydrogen) atoms. The zero-order valence-electron chi connectivity index (χ0n) is 16.7. The molecule has 8 nitrogen and oxygen atoms in total. The van der Waals surface area contributed by atoms with Gasteiger partial charge in [-0.05, 0) is 32.0 Å². The average molecular weight is 395 g/mol. The van der Waals surface area contributed by atoms with E-state index in [2.05, 4.69) is 29.7 Å². The summed E-state index contributed by atoms with van der Waals surface area (Å²) in [5.41, 5.74) is 2.47. The molecule has 0 radical (unpaired) electrons. The number of fused-ring (bicyclic) bond motifs is 1. The highest BCUT2D eigenvalue weighted by Gasteiger charge is 2.26. The summed E-state index contributed by atoms with van der Waals surface area (Å²) in [5, 5.41) is 0.955. The minimum absolute atomic E-state index is 0.152. The Morgan fingerprint density at radius 3 is 2.76 bits per heavy atom. The van der Waals surface area contributed by atoms with Crippen LogP contribution in [-0.2, 0) is 9.47 Å². The number of hydrogen-bond donors (Lipinski definition) is 0. The van der Waals surface area contributed by atoms with E-state index in [1.807, 2.05) is 12.1 Å². The van der Waals surface area contributed by atoms with Crippen LogP contribution in [-0.4, -0.2) is 66.6 Å². The largest absolute Gasteiger partial charge is 0.472 e. The van der Waals surface area contributed by atoms with Crippen molar-refractivity contribution in [1.82, 2.24) is 15.0 Å². The van der Waals surface area contributed by atoms with Crippen LogP contribution in [0, 0.1) is 0 Å². The van der Waals surface area contributed by atoms with Crippen LogP contribution in [0.1, 0.15) is 13.8 Å². The average Bonchev–Trinajstić information content (AvgIpc) is 3.28. The zero-order chi connectivity index (χ0) is 19.8. The summed E-state index contributed by atoms with van der Waals surface area (Å²) in [7, 11) is 0. The normalized spacial score (nSPS) is 23.0. The highest BCUT2D eigenvalue weighted by Crippen LogP contribution is 2.30. The Balaban J connectivity index is 1.64. The molecule has 5 rings (SSSR count). The lowest BCUT2D eigenvalue weighted by atomic mass is 10.1. The van der Waals surface area contributed by atoms with Crippen molar-refractivity contribution in [2.24, 2.45) is 0 Å². The predicted molar refractivity (Wildman–Crippen MR) is 110 cm³/mol. The Kier molecular flexibility index (Phi) is 4.81. The summed E-state index contributed by atoms with van der Waals surface area (Å²) < 4.78 is 16.6. The van der Waals surface area contributed by atoms with E-state index in [1.165, 1.54) is 0 Å². The first-order chi connectivity index (χ1) is 14.2. The van der Waals surface area contributed by atoms with Crippen molar-refractivity contribution in [2.75, 3.05) is 49.3 Å². The van der Waals surface area contributed by atoms with E-state index in [-0.39, 0.29) is 12.1 Å². The van der Waals surface area contributed by atoms with E-state index >= 15 is 0 Å². The van der Waals surface area contributed by atoms with Gasteiger partial charge in [0.25, 0.3) is 0 Å². The van der Waals surface area contributed by atoms with Gasteiger partial charge in [0.15, 0.2) is 5.65 Å². The molecular weight excluding hydrogens is 370 g/mol. The van der Waals surface area contributed by atoms with Crippen LogP contribution in [0.25, 0.3) is 22.3 Å². The summed E-state index contributed by atoms with van der Waals surface area (Å²) in [6, 6.07) is 6.22. The van der Waals surface area contributed by atoms with Crippen LogP contribution in [0.2, 0.25) is 0 Å². The second-order valence-corrected chi connectivity index (χ2v) is 7.67. The fourth-order valence-electron chi connectivity index (χ4n) is 3.96. The second kappa shape index (κ2) is 7.61. The number of hydrogen-bond acceptors (Lipinski definition) is 8. The summed E-state index contributed by atoms with van der Waals surface area (Å²) in [5.74, 6) is 1.63. The number of aromatic nitrogens is 3. The fourth-order valence-corrected chi connectivity index (χ4v) is 3.96.